The maximum absolute atomic E-state index is 12.2. The third-order valence-corrected chi connectivity index (χ3v) is 3.13. The molecule has 1 nitrogen and oxygen atoms in total. The molecule has 5 heteroatoms. The predicted molar refractivity (Wildman–Crippen MR) is 51.5 cm³/mol. The second kappa shape index (κ2) is 4.31. The summed E-state index contributed by atoms with van der Waals surface area (Å²) in [6.07, 6.45) is -4.94. The van der Waals surface area contributed by atoms with Crippen molar-refractivity contribution >= 4 is 11.3 Å². The molecule has 0 bridgehead atoms. The molecule has 0 aliphatic rings. The van der Waals surface area contributed by atoms with Crippen LogP contribution < -0.4 is 5.32 Å². The number of aryl methyl sites for hydroxylation is 1. The first kappa shape index (κ1) is 11.5. The Morgan fingerprint density at radius 2 is 2.14 bits per heavy atom. The Kier molecular flexibility index (Phi) is 3.55. The maximum atomic E-state index is 12.2. The molecule has 1 atom stereocenters. The Labute approximate surface area is 84.9 Å². The van der Waals surface area contributed by atoms with E-state index in [1.165, 1.54) is 11.3 Å². The highest BCUT2D eigenvalue weighted by molar-refractivity contribution is 7.10. The summed E-state index contributed by atoms with van der Waals surface area (Å²) < 4.78 is 36.5. The summed E-state index contributed by atoms with van der Waals surface area (Å²) in [4.78, 5) is 0.768. The largest absolute Gasteiger partial charge is 0.390 e. The average Bonchev–Trinajstić information content (AvgIpc) is 2.45. The Morgan fingerprint density at radius 3 is 2.50 bits per heavy atom. The van der Waals surface area contributed by atoms with Crippen molar-refractivity contribution in [3.05, 3.63) is 21.9 Å². The van der Waals surface area contributed by atoms with Gasteiger partial charge < -0.3 is 5.32 Å². The maximum Gasteiger partial charge on any atom is 0.390 e. The van der Waals surface area contributed by atoms with Crippen molar-refractivity contribution in [1.82, 2.24) is 5.32 Å². The molecule has 0 aromatic carbocycles. The van der Waals surface area contributed by atoms with Gasteiger partial charge in [0.25, 0.3) is 0 Å². The van der Waals surface area contributed by atoms with Crippen LogP contribution in [0.5, 0.6) is 0 Å². The van der Waals surface area contributed by atoms with E-state index in [1.807, 2.05) is 18.4 Å². The van der Waals surface area contributed by atoms with E-state index in [9.17, 15) is 13.2 Å². The summed E-state index contributed by atoms with van der Waals surface area (Å²) >= 11 is 1.36. The second-order valence-corrected chi connectivity index (χ2v) is 4.08. The number of alkyl halides is 3. The second-order valence-electron chi connectivity index (χ2n) is 3.13. The van der Waals surface area contributed by atoms with Gasteiger partial charge in [-0.1, -0.05) is 0 Å². The zero-order valence-electron chi connectivity index (χ0n) is 7.98. The van der Waals surface area contributed by atoms with E-state index >= 15 is 0 Å². The van der Waals surface area contributed by atoms with Gasteiger partial charge in [0.2, 0.25) is 0 Å². The van der Waals surface area contributed by atoms with Crippen molar-refractivity contribution < 1.29 is 13.2 Å². The molecule has 1 unspecified atom stereocenters. The first-order valence-electron chi connectivity index (χ1n) is 4.22. The molecule has 0 saturated heterocycles. The fourth-order valence-corrected chi connectivity index (χ4v) is 2.34. The van der Waals surface area contributed by atoms with Gasteiger partial charge in [-0.25, -0.2) is 0 Å². The Bertz CT molecular complexity index is 292. The van der Waals surface area contributed by atoms with E-state index in [0.29, 0.717) is 0 Å². The van der Waals surface area contributed by atoms with Gasteiger partial charge in [0.1, 0.15) is 0 Å². The normalized spacial score (nSPS) is 14.4. The van der Waals surface area contributed by atoms with E-state index in [4.69, 9.17) is 0 Å². The Morgan fingerprint density at radius 1 is 1.50 bits per heavy atom. The van der Waals surface area contributed by atoms with Crippen LogP contribution in [0.1, 0.15) is 22.9 Å². The van der Waals surface area contributed by atoms with Crippen LogP contribution in [0.15, 0.2) is 11.4 Å². The molecule has 0 aliphatic carbocycles. The van der Waals surface area contributed by atoms with Gasteiger partial charge in [0.05, 0.1) is 12.5 Å². The quantitative estimate of drug-likeness (QED) is 0.829. The van der Waals surface area contributed by atoms with Crippen molar-refractivity contribution in [1.29, 1.82) is 0 Å². The van der Waals surface area contributed by atoms with E-state index in [1.54, 1.807) is 7.05 Å². The number of halogens is 3. The van der Waals surface area contributed by atoms with Crippen LogP contribution in [0.4, 0.5) is 13.2 Å². The third-order valence-electron chi connectivity index (χ3n) is 2.00. The Balaban J connectivity index is 2.78. The monoisotopic (exact) mass is 223 g/mol. The van der Waals surface area contributed by atoms with E-state index < -0.39 is 18.6 Å². The topological polar surface area (TPSA) is 12.0 Å². The number of nitrogens with one attached hydrogen (secondary N) is 1. The van der Waals surface area contributed by atoms with Gasteiger partial charge in [-0.3, -0.25) is 0 Å². The van der Waals surface area contributed by atoms with E-state index in [2.05, 4.69) is 5.32 Å². The average molecular weight is 223 g/mol. The lowest BCUT2D eigenvalue weighted by Gasteiger charge is -2.17. The smallest absolute Gasteiger partial charge is 0.312 e. The molecule has 0 saturated carbocycles. The van der Waals surface area contributed by atoms with Gasteiger partial charge in [-0.05, 0) is 31.0 Å². The predicted octanol–water partition coefficient (Wildman–Crippen LogP) is 3.27. The third kappa shape index (κ3) is 2.99. The highest BCUT2D eigenvalue weighted by Gasteiger charge is 2.32. The summed E-state index contributed by atoms with van der Waals surface area (Å²) in [5.41, 5.74) is 0.915. The Hall–Kier alpha value is -0.550. The molecule has 0 spiro atoms. The van der Waals surface area contributed by atoms with Gasteiger partial charge in [-0.15, -0.1) is 11.3 Å². The van der Waals surface area contributed by atoms with Gasteiger partial charge in [0.15, 0.2) is 0 Å². The van der Waals surface area contributed by atoms with Crippen LogP contribution in [0.25, 0.3) is 0 Å². The molecule has 1 aromatic heterocycles. The first-order chi connectivity index (χ1) is 6.44. The van der Waals surface area contributed by atoms with E-state index in [-0.39, 0.29) is 0 Å². The summed E-state index contributed by atoms with van der Waals surface area (Å²) in [6.45, 7) is 1.83. The van der Waals surface area contributed by atoms with Gasteiger partial charge in [-0.2, -0.15) is 13.2 Å². The molecular formula is C9H12F3NS. The zero-order valence-corrected chi connectivity index (χ0v) is 8.80. The highest BCUT2D eigenvalue weighted by Crippen LogP contribution is 2.33. The highest BCUT2D eigenvalue weighted by atomic mass is 32.1. The standard InChI is InChI=1S/C9H12F3NS/c1-6-3-4-14-8(6)7(13-2)5-9(10,11)12/h3-4,7,13H,5H2,1-2H3. The SMILES string of the molecule is CNC(CC(F)(F)F)c1sccc1C. The first-order valence-corrected chi connectivity index (χ1v) is 5.10. The van der Waals surface area contributed by atoms with Crippen molar-refractivity contribution in [3.8, 4) is 0 Å². The molecule has 80 valence electrons. The summed E-state index contributed by atoms with van der Waals surface area (Å²) in [6, 6.07) is 1.22. The van der Waals surface area contributed by atoms with Crippen LogP contribution in [0.3, 0.4) is 0 Å². The van der Waals surface area contributed by atoms with E-state index in [0.717, 1.165) is 10.4 Å². The van der Waals surface area contributed by atoms with Crippen LogP contribution in [0.2, 0.25) is 0 Å². The minimum atomic E-state index is -4.12. The molecule has 1 N–H and O–H groups in total. The molecular weight excluding hydrogens is 211 g/mol. The van der Waals surface area contributed by atoms with Crippen LogP contribution in [-0.2, 0) is 0 Å². The molecule has 0 amide bonds. The lowest BCUT2D eigenvalue weighted by Crippen LogP contribution is -2.23. The molecule has 0 radical (unpaired) electrons. The van der Waals surface area contributed by atoms with Crippen LogP contribution >= 0.6 is 11.3 Å². The summed E-state index contributed by atoms with van der Waals surface area (Å²) in [5.74, 6) is 0. The minimum absolute atomic E-state index is 0.616. The fourth-order valence-electron chi connectivity index (χ4n) is 1.30. The zero-order chi connectivity index (χ0) is 10.8. The van der Waals surface area contributed by atoms with Gasteiger partial charge >= 0.3 is 6.18 Å². The minimum Gasteiger partial charge on any atom is -0.312 e. The fraction of sp³-hybridized carbons (Fsp3) is 0.556. The van der Waals surface area contributed by atoms with Gasteiger partial charge in [0, 0.05) is 4.88 Å². The summed E-state index contributed by atoms with van der Waals surface area (Å²) in [5, 5.41) is 4.50. The summed E-state index contributed by atoms with van der Waals surface area (Å²) in [7, 11) is 1.55. The molecule has 14 heavy (non-hydrogen) atoms. The molecule has 0 fully saturated rings. The number of rotatable bonds is 3. The lowest BCUT2D eigenvalue weighted by atomic mass is 10.1. The number of hydrogen-bond donors (Lipinski definition) is 1. The molecule has 1 aromatic rings. The number of thiophene rings is 1. The number of hydrogen-bond acceptors (Lipinski definition) is 2. The van der Waals surface area contributed by atoms with Crippen molar-refractivity contribution in [2.45, 2.75) is 25.6 Å². The molecule has 1 rings (SSSR count). The van der Waals surface area contributed by atoms with Crippen molar-refractivity contribution in [3.63, 3.8) is 0 Å². The lowest BCUT2D eigenvalue weighted by molar-refractivity contribution is -0.140. The van der Waals surface area contributed by atoms with Crippen LogP contribution in [0, 0.1) is 6.92 Å². The molecule has 1 heterocycles. The van der Waals surface area contributed by atoms with Crippen LogP contribution in [-0.4, -0.2) is 13.2 Å². The van der Waals surface area contributed by atoms with Crippen molar-refractivity contribution in [2.75, 3.05) is 7.05 Å². The van der Waals surface area contributed by atoms with Crippen molar-refractivity contribution in [2.24, 2.45) is 0 Å². The molecule has 0 aliphatic heterocycles.